The van der Waals surface area contributed by atoms with Gasteiger partial charge in [-0.05, 0) is 37.5 Å². The molecular formula is C11H16O2. The van der Waals surface area contributed by atoms with Gasteiger partial charge in [0, 0.05) is 0 Å². The Balaban J connectivity index is 2.97. The van der Waals surface area contributed by atoms with Crippen LogP contribution in [0.3, 0.4) is 0 Å². The largest absolute Gasteiger partial charge is 0.390 e. The van der Waals surface area contributed by atoms with E-state index in [4.69, 9.17) is 0 Å². The van der Waals surface area contributed by atoms with Crippen molar-refractivity contribution in [2.45, 2.75) is 33.0 Å². The quantitative estimate of drug-likeness (QED) is 0.727. The minimum atomic E-state index is -0.778. The van der Waals surface area contributed by atoms with Crippen molar-refractivity contribution in [1.82, 2.24) is 0 Å². The smallest absolute Gasteiger partial charge is 0.105 e. The van der Waals surface area contributed by atoms with Crippen molar-refractivity contribution in [1.29, 1.82) is 0 Å². The zero-order chi connectivity index (χ0) is 10.0. The molecule has 2 N–H and O–H groups in total. The highest BCUT2D eigenvalue weighted by molar-refractivity contribution is 5.31. The van der Waals surface area contributed by atoms with Crippen molar-refractivity contribution in [3.63, 3.8) is 0 Å². The minimum absolute atomic E-state index is 0.720. The Labute approximate surface area is 78.8 Å². The van der Waals surface area contributed by atoms with Gasteiger partial charge in [0.1, 0.15) is 6.10 Å². The number of benzene rings is 1. The van der Waals surface area contributed by atoms with Crippen LogP contribution >= 0.6 is 0 Å². The van der Waals surface area contributed by atoms with Gasteiger partial charge in [-0.15, -0.1) is 0 Å². The van der Waals surface area contributed by atoms with Gasteiger partial charge in [0.05, 0.1) is 6.10 Å². The van der Waals surface area contributed by atoms with Crippen LogP contribution in [0.25, 0.3) is 0 Å². The van der Waals surface area contributed by atoms with Crippen LogP contribution in [0.4, 0.5) is 0 Å². The molecule has 13 heavy (non-hydrogen) atoms. The Morgan fingerprint density at radius 2 is 1.69 bits per heavy atom. The maximum absolute atomic E-state index is 9.56. The summed E-state index contributed by atoms with van der Waals surface area (Å²) in [4.78, 5) is 0. The number of hydrogen-bond donors (Lipinski definition) is 2. The predicted octanol–water partition coefficient (Wildman–Crippen LogP) is 1.72. The normalized spacial score (nSPS) is 15.5. The summed E-state index contributed by atoms with van der Waals surface area (Å²) in [6, 6.07) is 5.71. The van der Waals surface area contributed by atoms with Gasteiger partial charge in [-0.2, -0.15) is 0 Å². The van der Waals surface area contributed by atoms with Gasteiger partial charge in [-0.1, -0.05) is 18.2 Å². The van der Waals surface area contributed by atoms with E-state index in [0.717, 1.165) is 11.1 Å². The average Bonchev–Trinajstić information content (AvgIpc) is 2.08. The molecule has 0 fully saturated rings. The van der Waals surface area contributed by atoms with Gasteiger partial charge in [-0.3, -0.25) is 0 Å². The lowest BCUT2D eigenvalue weighted by molar-refractivity contribution is 0.0305. The molecule has 0 bridgehead atoms. The van der Waals surface area contributed by atoms with E-state index in [1.807, 2.05) is 32.0 Å². The average molecular weight is 180 g/mol. The summed E-state index contributed by atoms with van der Waals surface area (Å²) in [5.74, 6) is 0. The number of rotatable bonds is 2. The summed E-state index contributed by atoms with van der Waals surface area (Å²) in [6.45, 7) is 5.60. The van der Waals surface area contributed by atoms with E-state index in [1.54, 1.807) is 6.92 Å². The molecule has 0 saturated heterocycles. The van der Waals surface area contributed by atoms with Gasteiger partial charge in [0.2, 0.25) is 0 Å². The van der Waals surface area contributed by atoms with E-state index in [0.29, 0.717) is 0 Å². The van der Waals surface area contributed by atoms with E-state index in [9.17, 15) is 10.2 Å². The fourth-order valence-corrected chi connectivity index (χ4v) is 1.23. The second kappa shape index (κ2) is 3.90. The Kier molecular flexibility index (Phi) is 3.07. The summed E-state index contributed by atoms with van der Waals surface area (Å²) in [5, 5.41) is 18.7. The molecule has 0 spiro atoms. The molecule has 1 aromatic carbocycles. The Morgan fingerprint density at radius 1 is 1.08 bits per heavy atom. The molecule has 2 atom stereocenters. The van der Waals surface area contributed by atoms with Crippen molar-refractivity contribution in [3.05, 3.63) is 34.9 Å². The van der Waals surface area contributed by atoms with Gasteiger partial charge < -0.3 is 10.2 Å². The third-order valence-corrected chi connectivity index (χ3v) is 2.33. The molecule has 0 unspecified atom stereocenters. The number of aliphatic hydroxyl groups excluding tert-OH is 2. The third kappa shape index (κ3) is 2.29. The summed E-state index contributed by atoms with van der Waals surface area (Å²) < 4.78 is 0. The second-order valence-electron chi connectivity index (χ2n) is 3.53. The molecule has 1 rings (SSSR count). The number of aliphatic hydroxyl groups is 2. The van der Waals surface area contributed by atoms with Crippen LogP contribution in [0.2, 0.25) is 0 Å². The number of aryl methyl sites for hydroxylation is 2. The van der Waals surface area contributed by atoms with Crippen LogP contribution in [0.5, 0.6) is 0 Å². The van der Waals surface area contributed by atoms with Gasteiger partial charge in [0.15, 0.2) is 0 Å². The first-order valence-corrected chi connectivity index (χ1v) is 4.45. The Morgan fingerprint density at radius 3 is 2.15 bits per heavy atom. The molecule has 0 heterocycles. The summed E-state index contributed by atoms with van der Waals surface area (Å²) in [7, 11) is 0. The standard InChI is InChI=1S/C11H16O2/c1-7-4-5-10(6-8(7)2)11(13)9(3)12/h4-6,9,11-13H,1-3H3/t9-,11+/m0/s1. The molecule has 0 amide bonds. The highest BCUT2D eigenvalue weighted by Gasteiger charge is 2.13. The maximum Gasteiger partial charge on any atom is 0.105 e. The first-order valence-electron chi connectivity index (χ1n) is 4.45. The molecule has 2 nitrogen and oxygen atoms in total. The Hall–Kier alpha value is -0.860. The van der Waals surface area contributed by atoms with Crippen molar-refractivity contribution < 1.29 is 10.2 Å². The highest BCUT2D eigenvalue weighted by atomic mass is 16.3. The highest BCUT2D eigenvalue weighted by Crippen LogP contribution is 2.19. The number of hydrogen-bond acceptors (Lipinski definition) is 2. The molecule has 0 saturated carbocycles. The first-order chi connectivity index (χ1) is 6.02. The zero-order valence-corrected chi connectivity index (χ0v) is 8.28. The van der Waals surface area contributed by atoms with Gasteiger partial charge >= 0.3 is 0 Å². The lowest BCUT2D eigenvalue weighted by Gasteiger charge is -2.14. The van der Waals surface area contributed by atoms with E-state index < -0.39 is 12.2 Å². The Bertz CT molecular complexity index is 292. The lowest BCUT2D eigenvalue weighted by atomic mass is 10.0. The van der Waals surface area contributed by atoms with E-state index in [1.165, 1.54) is 5.56 Å². The summed E-state index contributed by atoms with van der Waals surface area (Å²) in [5.41, 5.74) is 3.11. The summed E-state index contributed by atoms with van der Waals surface area (Å²) in [6.07, 6.45) is -1.50. The zero-order valence-electron chi connectivity index (χ0n) is 8.28. The minimum Gasteiger partial charge on any atom is -0.390 e. The van der Waals surface area contributed by atoms with Crippen molar-refractivity contribution in [2.24, 2.45) is 0 Å². The summed E-state index contributed by atoms with van der Waals surface area (Å²) >= 11 is 0. The molecule has 0 radical (unpaired) electrons. The van der Waals surface area contributed by atoms with Crippen LogP contribution in [-0.4, -0.2) is 16.3 Å². The van der Waals surface area contributed by atoms with E-state index >= 15 is 0 Å². The van der Waals surface area contributed by atoms with Crippen LogP contribution < -0.4 is 0 Å². The maximum atomic E-state index is 9.56. The van der Waals surface area contributed by atoms with Gasteiger partial charge in [-0.25, -0.2) is 0 Å². The topological polar surface area (TPSA) is 40.5 Å². The SMILES string of the molecule is Cc1ccc([C@H](O)[C@H](C)O)cc1C. The van der Waals surface area contributed by atoms with Gasteiger partial charge in [0.25, 0.3) is 0 Å². The molecular weight excluding hydrogens is 164 g/mol. The fourth-order valence-electron chi connectivity index (χ4n) is 1.23. The molecule has 0 aliphatic rings. The molecule has 0 aliphatic carbocycles. The van der Waals surface area contributed by atoms with Crippen molar-refractivity contribution >= 4 is 0 Å². The van der Waals surface area contributed by atoms with E-state index in [-0.39, 0.29) is 0 Å². The molecule has 0 aliphatic heterocycles. The lowest BCUT2D eigenvalue weighted by Crippen LogP contribution is -2.13. The molecule has 72 valence electrons. The van der Waals surface area contributed by atoms with Crippen molar-refractivity contribution in [3.8, 4) is 0 Å². The predicted molar refractivity (Wildman–Crippen MR) is 52.6 cm³/mol. The second-order valence-corrected chi connectivity index (χ2v) is 3.53. The van der Waals surface area contributed by atoms with Crippen LogP contribution in [-0.2, 0) is 0 Å². The molecule has 1 aromatic rings. The fraction of sp³-hybridized carbons (Fsp3) is 0.455. The first kappa shape index (κ1) is 10.2. The monoisotopic (exact) mass is 180 g/mol. The van der Waals surface area contributed by atoms with Crippen LogP contribution in [0, 0.1) is 13.8 Å². The third-order valence-electron chi connectivity index (χ3n) is 2.33. The van der Waals surface area contributed by atoms with Crippen LogP contribution in [0.1, 0.15) is 29.7 Å². The van der Waals surface area contributed by atoms with Crippen LogP contribution in [0.15, 0.2) is 18.2 Å². The molecule has 2 heteroatoms. The van der Waals surface area contributed by atoms with E-state index in [2.05, 4.69) is 0 Å². The van der Waals surface area contributed by atoms with Crippen molar-refractivity contribution in [2.75, 3.05) is 0 Å². The molecule has 0 aromatic heterocycles.